The molecule has 4 aliphatic rings. The van der Waals surface area contributed by atoms with E-state index in [-0.39, 0.29) is 10.8 Å². The summed E-state index contributed by atoms with van der Waals surface area (Å²) in [6.07, 6.45) is 7.46. The predicted octanol–water partition coefficient (Wildman–Crippen LogP) is 3.08. The van der Waals surface area contributed by atoms with Gasteiger partial charge in [0, 0.05) is 6.42 Å². The van der Waals surface area contributed by atoms with Gasteiger partial charge in [-0.25, -0.2) is 0 Å². The lowest BCUT2D eigenvalue weighted by molar-refractivity contribution is -0.197. The zero-order valence-corrected chi connectivity index (χ0v) is 13.5. The van der Waals surface area contributed by atoms with Crippen molar-refractivity contribution in [3.05, 3.63) is 11.8 Å². The molecule has 4 heteroatoms. The third-order valence-electron chi connectivity index (χ3n) is 5.88. The van der Waals surface area contributed by atoms with Gasteiger partial charge in [-0.15, -0.1) is 10.2 Å². The first kappa shape index (κ1) is 13.7. The largest absolute Gasteiger partial charge is 0.425 e. The van der Waals surface area contributed by atoms with Crippen LogP contribution in [0.1, 0.15) is 64.7 Å². The Bertz CT molecular complexity index is 517. The number of nitrogens with zero attached hydrogens (tertiary/aromatic N) is 2. The van der Waals surface area contributed by atoms with Crippen LogP contribution in [0.2, 0.25) is 0 Å². The molecule has 0 radical (unpaired) electrons. The van der Waals surface area contributed by atoms with Gasteiger partial charge in [0.25, 0.3) is 0 Å². The minimum absolute atomic E-state index is 0.208. The molecule has 21 heavy (non-hydrogen) atoms. The van der Waals surface area contributed by atoms with Crippen molar-refractivity contribution >= 4 is 0 Å². The summed E-state index contributed by atoms with van der Waals surface area (Å²) in [7, 11) is 0. The molecule has 1 N–H and O–H groups in total. The molecule has 1 aromatic heterocycles. The highest BCUT2D eigenvalue weighted by atomic mass is 16.4. The minimum Gasteiger partial charge on any atom is -0.425 e. The Labute approximate surface area is 127 Å². The summed E-state index contributed by atoms with van der Waals surface area (Å²) in [5.74, 6) is 2.67. The number of aromatic nitrogens is 2. The smallest absolute Gasteiger partial charge is 0.222 e. The third kappa shape index (κ3) is 2.14. The Hall–Kier alpha value is -0.900. The molecule has 2 bridgehead atoms. The van der Waals surface area contributed by atoms with E-state index in [1.807, 2.05) is 0 Å². The van der Waals surface area contributed by atoms with Crippen LogP contribution >= 0.6 is 0 Å². The maximum absolute atomic E-state index is 6.00. The summed E-state index contributed by atoms with van der Waals surface area (Å²) in [5.41, 5.74) is 1.09. The highest BCUT2D eigenvalue weighted by molar-refractivity contribution is 5.30. The van der Waals surface area contributed by atoms with E-state index in [0.717, 1.165) is 24.1 Å². The number of hydrogen-bond donors (Lipinski definition) is 1. The van der Waals surface area contributed by atoms with Gasteiger partial charge in [0.05, 0.1) is 5.41 Å². The van der Waals surface area contributed by atoms with Crippen molar-refractivity contribution in [2.45, 2.75) is 64.7 Å². The van der Waals surface area contributed by atoms with Crippen LogP contribution in [-0.4, -0.2) is 23.3 Å². The molecule has 116 valence electrons. The van der Waals surface area contributed by atoms with E-state index >= 15 is 0 Å². The van der Waals surface area contributed by atoms with Crippen molar-refractivity contribution in [3.8, 4) is 0 Å². The van der Waals surface area contributed by atoms with Crippen LogP contribution in [0.15, 0.2) is 4.42 Å². The van der Waals surface area contributed by atoms with Gasteiger partial charge < -0.3 is 9.73 Å². The van der Waals surface area contributed by atoms with E-state index in [1.165, 1.54) is 45.2 Å². The van der Waals surface area contributed by atoms with Crippen molar-refractivity contribution in [2.75, 3.05) is 13.1 Å². The Balaban J connectivity index is 1.42. The molecule has 3 aliphatic carbocycles. The van der Waals surface area contributed by atoms with Crippen LogP contribution < -0.4 is 5.32 Å². The fourth-order valence-electron chi connectivity index (χ4n) is 4.95. The summed E-state index contributed by atoms with van der Waals surface area (Å²) in [4.78, 5) is 0. The highest BCUT2D eigenvalue weighted by Crippen LogP contribution is 2.77. The van der Waals surface area contributed by atoms with E-state index in [1.54, 1.807) is 0 Å². The van der Waals surface area contributed by atoms with E-state index in [2.05, 4.69) is 36.3 Å². The SMILES string of the molecule is CC(C)(C)Cc1nnc(C23CC(C4CCNCC4)(C2)C3)o1. The molecule has 5 rings (SSSR count). The second-order valence-corrected chi connectivity index (χ2v) is 8.94. The summed E-state index contributed by atoms with van der Waals surface area (Å²) in [6, 6.07) is 0. The number of nitrogens with one attached hydrogen (secondary N) is 1. The molecule has 0 aromatic carbocycles. The number of rotatable bonds is 3. The molecule has 4 nitrogen and oxygen atoms in total. The maximum atomic E-state index is 6.00. The van der Waals surface area contributed by atoms with Crippen molar-refractivity contribution in [1.29, 1.82) is 0 Å². The highest BCUT2D eigenvalue weighted by Gasteiger charge is 2.72. The van der Waals surface area contributed by atoms with Crippen molar-refractivity contribution in [2.24, 2.45) is 16.7 Å². The summed E-state index contributed by atoms with van der Waals surface area (Å²) < 4.78 is 6.00. The predicted molar refractivity (Wildman–Crippen MR) is 81.0 cm³/mol. The van der Waals surface area contributed by atoms with E-state index in [0.29, 0.717) is 5.41 Å². The second-order valence-electron chi connectivity index (χ2n) is 8.94. The van der Waals surface area contributed by atoms with Gasteiger partial charge in [-0.1, -0.05) is 20.8 Å². The van der Waals surface area contributed by atoms with E-state index < -0.39 is 0 Å². The summed E-state index contributed by atoms with van der Waals surface area (Å²) in [5, 5.41) is 12.1. The molecule has 1 aliphatic heterocycles. The van der Waals surface area contributed by atoms with Crippen LogP contribution in [0.3, 0.4) is 0 Å². The Kier molecular flexibility index (Phi) is 2.82. The van der Waals surface area contributed by atoms with Gasteiger partial charge in [-0.05, 0) is 61.9 Å². The zero-order valence-electron chi connectivity index (χ0n) is 13.5. The van der Waals surface area contributed by atoms with Crippen LogP contribution in [-0.2, 0) is 11.8 Å². The minimum atomic E-state index is 0.208. The monoisotopic (exact) mass is 289 g/mol. The second kappa shape index (κ2) is 4.31. The van der Waals surface area contributed by atoms with Gasteiger partial charge in [-0.3, -0.25) is 0 Å². The first-order valence-corrected chi connectivity index (χ1v) is 8.45. The topological polar surface area (TPSA) is 51.0 Å². The van der Waals surface area contributed by atoms with Gasteiger partial charge in [0.15, 0.2) is 0 Å². The fourth-order valence-corrected chi connectivity index (χ4v) is 4.95. The summed E-state index contributed by atoms with van der Waals surface area (Å²) >= 11 is 0. The van der Waals surface area contributed by atoms with Gasteiger partial charge in [0.1, 0.15) is 0 Å². The van der Waals surface area contributed by atoms with Crippen molar-refractivity contribution in [1.82, 2.24) is 15.5 Å². The lowest BCUT2D eigenvalue weighted by Crippen LogP contribution is -2.68. The Morgan fingerprint density at radius 3 is 2.43 bits per heavy atom. The fraction of sp³-hybridized carbons (Fsp3) is 0.882. The maximum Gasteiger partial charge on any atom is 0.222 e. The molecular formula is C17H27N3O. The van der Waals surface area contributed by atoms with Gasteiger partial charge in [0.2, 0.25) is 11.8 Å². The molecule has 1 saturated heterocycles. The third-order valence-corrected chi connectivity index (χ3v) is 5.88. The lowest BCUT2D eigenvalue weighted by Gasteiger charge is -2.72. The molecule has 4 fully saturated rings. The van der Waals surface area contributed by atoms with Crippen LogP contribution in [0.4, 0.5) is 0 Å². The van der Waals surface area contributed by atoms with Crippen molar-refractivity contribution < 1.29 is 4.42 Å². The summed E-state index contributed by atoms with van der Waals surface area (Å²) in [6.45, 7) is 9.05. The number of hydrogen-bond acceptors (Lipinski definition) is 4. The van der Waals surface area contributed by atoms with Crippen molar-refractivity contribution in [3.63, 3.8) is 0 Å². The molecule has 0 spiro atoms. The molecule has 0 amide bonds. The molecule has 0 atom stereocenters. The first-order valence-electron chi connectivity index (χ1n) is 8.45. The average Bonchev–Trinajstić information content (AvgIpc) is 2.73. The standard InChI is InChI=1S/C17H27N3O/c1-15(2,3)8-13-19-20-14(21-13)17-9-16(10-17,11-17)12-4-6-18-7-5-12/h12,18H,4-11H2,1-3H3. The molecular weight excluding hydrogens is 262 g/mol. The first-order chi connectivity index (χ1) is 9.91. The Morgan fingerprint density at radius 2 is 1.81 bits per heavy atom. The van der Waals surface area contributed by atoms with Crippen LogP contribution in [0, 0.1) is 16.7 Å². The van der Waals surface area contributed by atoms with Crippen LogP contribution in [0.25, 0.3) is 0 Å². The molecule has 1 aromatic rings. The van der Waals surface area contributed by atoms with E-state index in [9.17, 15) is 0 Å². The average molecular weight is 289 g/mol. The zero-order chi connectivity index (χ0) is 14.7. The Morgan fingerprint density at radius 1 is 1.14 bits per heavy atom. The van der Waals surface area contributed by atoms with E-state index in [4.69, 9.17) is 4.42 Å². The normalized spacial score (nSPS) is 36.1. The molecule has 3 saturated carbocycles. The van der Waals surface area contributed by atoms with Crippen LogP contribution in [0.5, 0.6) is 0 Å². The van der Waals surface area contributed by atoms with Gasteiger partial charge >= 0.3 is 0 Å². The van der Waals surface area contributed by atoms with Gasteiger partial charge in [-0.2, -0.15) is 0 Å². The quantitative estimate of drug-likeness (QED) is 0.929. The molecule has 2 heterocycles. The molecule has 0 unspecified atom stereocenters. The lowest BCUT2D eigenvalue weighted by atomic mass is 9.31. The number of piperidine rings is 1.